The molecule has 0 aliphatic heterocycles. The average molecular weight is 1140 g/mol. The van der Waals surface area contributed by atoms with Crippen LogP contribution in [0.25, 0.3) is 0 Å². The maximum absolute atomic E-state index is 13.4. The number of benzene rings is 1. The summed E-state index contributed by atoms with van der Waals surface area (Å²) < 4.78 is 68.4. The van der Waals surface area contributed by atoms with Gasteiger partial charge in [0.25, 0.3) is 0 Å². The number of carbonyl (C=O) groups excluding carboxylic acids is 4. The maximum atomic E-state index is 13.4. The SMILES string of the molecule is C=C(NCc1cn(CCOCCOCCOCCOCCOCCOCCOCCOCCOCCOCCOCCC(C)(C)C)nn1)OCc1ccc(NC(=O)[C@H](CCCNC(N)=O)CC(=O)[C@@H](NC(=O)CNO)C(C)C)cc1. The molecule has 80 heavy (non-hydrogen) atoms. The van der Waals surface area contributed by atoms with Gasteiger partial charge in [0.05, 0.1) is 171 Å². The Labute approximate surface area is 472 Å². The number of nitrogens with one attached hydrogen (secondary N) is 5. The van der Waals surface area contributed by atoms with Crippen LogP contribution in [-0.2, 0) is 90.9 Å². The summed E-state index contributed by atoms with van der Waals surface area (Å²) in [6, 6.07) is 5.45. The zero-order chi connectivity index (χ0) is 58.3. The molecular formula is C54H95N9O17. The van der Waals surface area contributed by atoms with Crippen molar-refractivity contribution in [3.63, 3.8) is 0 Å². The summed E-state index contributed by atoms with van der Waals surface area (Å²) >= 11 is 0. The van der Waals surface area contributed by atoms with E-state index < -0.39 is 29.8 Å². The molecule has 26 heteroatoms. The van der Waals surface area contributed by atoms with Crippen LogP contribution in [-0.4, -0.2) is 208 Å². The number of carbonyl (C=O) groups is 4. The molecule has 0 bridgehead atoms. The molecular weight excluding hydrogens is 1050 g/mol. The normalized spacial score (nSPS) is 12.3. The summed E-state index contributed by atoms with van der Waals surface area (Å²) in [4.78, 5) is 50.0. The van der Waals surface area contributed by atoms with E-state index in [1.165, 1.54) is 0 Å². The van der Waals surface area contributed by atoms with E-state index in [0.29, 0.717) is 176 Å². The van der Waals surface area contributed by atoms with Gasteiger partial charge in [0.1, 0.15) is 12.3 Å². The zero-order valence-electron chi connectivity index (χ0n) is 48.1. The van der Waals surface area contributed by atoms with Gasteiger partial charge in [-0.3, -0.25) is 14.4 Å². The lowest BCUT2D eigenvalue weighted by molar-refractivity contribution is -0.131. The predicted octanol–water partition coefficient (Wildman–Crippen LogP) is 2.76. The average Bonchev–Trinajstić information content (AvgIpc) is 3.89. The molecule has 1 aromatic carbocycles. The Morgan fingerprint density at radius 1 is 0.675 bits per heavy atom. The summed E-state index contributed by atoms with van der Waals surface area (Å²) in [6.45, 7) is 25.9. The van der Waals surface area contributed by atoms with Crippen LogP contribution < -0.4 is 32.5 Å². The number of Topliss-reactive ketones (excluding diaryl/α,β-unsaturated/α-hetero) is 1. The zero-order valence-corrected chi connectivity index (χ0v) is 48.1. The molecule has 0 aliphatic carbocycles. The fourth-order valence-corrected chi connectivity index (χ4v) is 6.88. The number of primary amides is 1. The molecule has 2 atom stereocenters. The van der Waals surface area contributed by atoms with Crippen molar-refractivity contribution in [2.75, 3.05) is 164 Å². The first-order chi connectivity index (χ1) is 38.7. The second kappa shape index (κ2) is 46.6. The summed E-state index contributed by atoms with van der Waals surface area (Å²) in [7, 11) is 0. The number of ketones is 1. The first-order valence-electron chi connectivity index (χ1n) is 27.6. The molecule has 0 saturated heterocycles. The van der Waals surface area contributed by atoms with Crippen LogP contribution in [0.15, 0.2) is 42.9 Å². The van der Waals surface area contributed by atoms with Crippen LogP contribution in [0, 0.1) is 17.3 Å². The van der Waals surface area contributed by atoms with Crippen LogP contribution in [0.1, 0.15) is 71.6 Å². The van der Waals surface area contributed by atoms with Crippen molar-refractivity contribution < 1.29 is 81.2 Å². The molecule has 2 rings (SSSR count). The fraction of sp³-hybridized carbons (Fsp3) is 0.741. The number of nitrogens with two attached hydrogens (primary N) is 1. The topological polar surface area (TPSA) is 316 Å². The minimum atomic E-state index is -0.865. The highest BCUT2D eigenvalue weighted by atomic mass is 16.6. The molecule has 0 aliphatic rings. The number of hydrogen-bond donors (Lipinski definition) is 7. The summed E-state index contributed by atoms with van der Waals surface area (Å²) in [5, 5.41) is 28.2. The molecule has 458 valence electrons. The Morgan fingerprint density at radius 3 is 1.57 bits per heavy atom. The van der Waals surface area contributed by atoms with Crippen LogP contribution in [0.3, 0.4) is 0 Å². The van der Waals surface area contributed by atoms with Gasteiger partial charge in [-0.25, -0.2) is 9.48 Å². The Hall–Kier alpha value is -4.94. The predicted molar refractivity (Wildman–Crippen MR) is 295 cm³/mol. The van der Waals surface area contributed by atoms with Crippen molar-refractivity contribution >= 4 is 29.3 Å². The van der Waals surface area contributed by atoms with Gasteiger partial charge in [0.2, 0.25) is 11.8 Å². The third-order valence-corrected chi connectivity index (χ3v) is 11.3. The van der Waals surface area contributed by atoms with E-state index in [-0.39, 0.29) is 49.7 Å². The number of nitrogens with zero attached hydrogens (tertiary/aromatic N) is 3. The van der Waals surface area contributed by atoms with E-state index >= 15 is 0 Å². The smallest absolute Gasteiger partial charge is 0.312 e. The molecule has 0 saturated carbocycles. The number of aromatic nitrogens is 3. The number of ether oxygens (including phenoxy) is 12. The first-order valence-corrected chi connectivity index (χ1v) is 27.6. The Bertz CT molecular complexity index is 1910. The molecule has 1 heterocycles. The molecule has 1 aromatic heterocycles. The van der Waals surface area contributed by atoms with Gasteiger partial charge in [-0.15, -0.1) is 5.10 Å². The van der Waals surface area contributed by atoms with E-state index in [0.717, 1.165) is 18.6 Å². The lowest BCUT2D eigenvalue weighted by Gasteiger charge is -2.24. The molecule has 26 nitrogen and oxygen atoms in total. The summed E-state index contributed by atoms with van der Waals surface area (Å²) in [5.74, 6) is -1.99. The summed E-state index contributed by atoms with van der Waals surface area (Å²) in [5.41, 5.74) is 9.22. The van der Waals surface area contributed by atoms with Crippen LogP contribution >= 0.6 is 0 Å². The van der Waals surface area contributed by atoms with Gasteiger partial charge in [0.15, 0.2) is 11.7 Å². The molecule has 0 spiro atoms. The monoisotopic (exact) mass is 1140 g/mol. The van der Waals surface area contributed by atoms with Gasteiger partial charge in [0, 0.05) is 31.2 Å². The number of anilines is 1. The molecule has 0 unspecified atom stereocenters. The maximum Gasteiger partial charge on any atom is 0.312 e. The standard InChI is InChI=1S/C54H95N9O17/c1-43(2)51(60-50(65)40-58-68)49(64)38-46(8-7-14-56-53(55)67)52(66)59-47-11-9-45(10-12-47)42-80-44(3)57-39-48-41-63(62-61-48)15-17-70-19-21-72-23-25-74-27-29-76-31-33-78-35-37-79-36-34-77-32-30-75-28-26-73-24-22-71-20-18-69-16-13-54(4,5)6/h9-12,41,43,46,51,57-58,68H,3,7-8,13-40,42H2,1-2,4-6H3,(H,59,66)(H,60,65)(H3,55,56,67)/t46-,51+/m1/s1. The number of hydroxylamine groups is 1. The molecule has 4 amide bonds. The van der Waals surface area contributed by atoms with E-state index in [2.05, 4.69) is 58.9 Å². The van der Waals surface area contributed by atoms with Crippen molar-refractivity contribution in [3.05, 3.63) is 54.2 Å². The largest absolute Gasteiger partial charge is 0.475 e. The highest BCUT2D eigenvalue weighted by Crippen LogP contribution is 2.20. The quantitative estimate of drug-likeness (QED) is 0.0284. The first kappa shape index (κ1) is 71.2. The second-order valence-corrected chi connectivity index (χ2v) is 19.7. The van der Waals surface area contributed by atoms with Crippen molar-refractivity contribution in [2.45, 2.75) is 86.0 Å². The van der Waals surface area contributed by atoms with E-state index in [9.17, 15) is 19.2 Å². The number of rotatable bonds is 54. The highest BCUT2D eigenvalue weighted by molar-refractivity contribution is 5.97. The van der Waals surface area contributed by atoms with Crippen molar-refractivity contribution in [1.29, 1.82) is 0 Å². The lowest BCUT2D eigenvalue weighted by Crippen LogP contribution is -2.48. The number of amides is 4. The Kier molecular flexibility index (Phi) is 41.5. The van der Waals surface area contributed by atoms with E-state index in [4.69, 9.17) is 67.8 Å². The minimum Gasteiger partial charge on any atom is -0.475 e. The van der Waals surface area contributed by atoms with Crippen molar-refractivity contribution in [3.8, 4) is 0 Å². The van der Waals surface area contributed by atoms with Gasteiger partial charge in [-0.1, -0.05) is 52.0 Å². The third kappa shape index (κ3) is 40.3. The molecule has 8 N–H and O–H groups in total. The Balaban J connectivity index is 1.41. The second-order valence-electron chi connectivity index (χ2n) is 19.7. The van der Waals surface area contributed by atoms with Gasteiger partial charge >= 0.3 is 6.03 Å². The van der Waals surface area contributed by atoms with Gasteiger partial charge in [-0.05, 0) is 54.9 Å². The van der Waals surface area contributed by atoms with Gasteiger partial charge in [-0.2, -0.15) is 5.48 Å². The fourth-order valence-electron chi connectivity index (χ4n) is 6.88. The number of urea groups is 1. The third-order valence-electron chi connectivity index (χ3n) is 11.3. The minimum absolute atomic E-state index is 0.155. The molecule has 0 radical (unpaired) electrons. The van der Waals surface area contributed by atoms with E-state index in [1.54, 1.807) is 54.5 Å². The van der Waals surface area contributed by atoms with Crippen LogP contribution in [0.4, 0.5) is 10.5 Å². The number of hydrogen-bond acceptors (Lipinski definition) is 21. The van der Waals surface area contributed by atoms with E-state index in [1.807, 2.05) is 0 Å². The highest BCUT2D eigenvalue weighted by Gasteiger charge is 2.29. The van der Waals surface area contributed by atoms with Crippen LogP contribution in [0.2, 0.25) is 0 Å². The summed E-state index contributed by atoms with van der Waals surface area (Å²) in [6.07, 6.45) is 3.34. The molecule has 0 fully saturated rings. The molecule has 2 aromatic rings. The van der Waals surface area contributed by atoms with Gasteiger partial charge < -0.3 is 89.1 Å². The lowest BCUT2D eigenvalue weighted by atomic mass is 9.89. The van der Waals surface area contributed by atoms with Crippen molar-refractivity contribution in [2.24, 2.45) is 23.0 Å². The van der Waals surface area contributed by atoms with Crippen molar-refractivity contribution in [1.82, 2.24) is 36.4 Å². The Morgan fingerprint density at radius 2 is 1.14 bits per heavy atom. The van der Waals surface area contributed by atoms with Crippen LogP contribution in [0.5, 0.6) is 0 Å².